The van der Waals surface area contributed by atoms with E-state index in [1.807, 2.05) is 6.07 Å². The maximum absolute atomic E-state index is 13.1. The van der Waals surface area contributed by atoms with E-state index in [1.165, 1.54) is 12.1 Å². The maximum atomic E-state index is 13.1. The van der Waals surface area contributed by atoms with Crippen LogP contribution in [0.2, 0.25) is 0 Å². The molecule has 0 aliphatic rings. The van der Waals surface area contributed by atoms with Crippen LogP contribution in [-0.4, -0.2) is 15.1 Å². The Morgan fingerprint density at radius 2 is 2.10 bits per heavy atom. The highest BCUT2D eigenvalue weighted by atomic mass is 19.1. The first-order chi connectivity index (χ1) is 9.70. The maximum Gasteiger partial charge on any atom is 0.259 e. The molecule has 0 bridgehead atoms. The molecule has 0 spiro atoms. The molecule has 2 aromatic heterocycles. The molecule has 2 heterocycles. The zero-order chi connectivity index (χ0) is 13.9. The predicted molar refractivity (Wildman–Crippen MR) is 71.1 cm³/mol. The molecule has 2 N–H and O–H groups in total. The van der Waals surface area contributed by atoms with Gasteiger partial charge in [0.2, 0.25) is 0 Å². The van der Waals surface area contributed by atoms with Crippen LogP contribution < -0.4 is 5.73 Å². The average molecular weight is 270 g/mol. The van der Waals surface area contributed by atoms with E-state index in [9.17, 15) is 4.39 Å². The lowest BCUT2D eigenvalue weighted by Crippen LogP contribution is -1.92. The number of pyridine rings is 1. The van der Waals surface area contributed by atoms with E-state index in [4.69, 9.17) is 10.3 Å². The van der Waals surface area contributed by atoms with E-state index in [2.05, 4.69) is 15.1 Å². The molecular formula is C14H11FN4O. The second-order valence-corrected chi connectivity index (χ2v) is 4.29. The predicted octanol–water partition coefficient (Wildman–Crippen LogP) is 2.44. The number of hydrogen-bond acceptors (Lipinski definition) is 5. The third kappa shape index (κ3) is 2.64. The zero-order valence-electron chi connectivity index (χ0n) is 10.5. The summed E-state index contributed by atoms with van der Waals surface area (Å²) in [7, 11) is 0. The molecule has 0 unspecified atom stereocenters. The highest BCUT2D eigenvalue weighted by molar-refractivity contribution is 5.53. The van der Waals surface area contributed by atoms with Crippen LogP contribution in [0.5, 0.6) is 0 Å². The van der Waals surface area contributed by atoms with Gasteiger partial charge in [0, 0.05) is 12.6 Å². The second kappa shape index (κ2) is 5.08. The monoisotopic (exact) mass is 270 g/mol. The molecule has 3 rings (SSSR count). The van der Waals surface area contributed by atoms with Crippen molar-refractivity contribution in [2.45, 2.75) is 6.42 Å². The SMILES string of the molecule is Nc1ccc(-c2nc(Cc3cccc(F)c3)no2)cn1. The zero-order valence-corrected chi connectivity index (χ0v) is 10.5. The summed E-state index contributed by atoms with van der Waals surface area (Å²) in [5.41, 5.74) is 6.99. The number of rotatable bonds is 3. The molecule has 6 heteroatoms. The number of anilines is 1. The summed E-state index contributed by atoms with van der Waals surface area (Å²) in [6.07, 6.45) is 1.97. The summed E-state index contributed by atoms with van der Waals surface area (Å²) < 4.78 is 18.3. The van der Waals surface area contributed by atoms with Gasteiger partial charge in [-0.1, -0.05) is 17.3 Å². The number of nitrogen functional groups attached to an aromatic ring is 1. The van der Waals surface area contributed by atoms with Crippen LogP contribution in [0.1, 0.15) is 11.4 Å². The average Bonchev–Trinajstić information content (AvgIpc) is 2.88. The van der Waals surface area contributed by atoms with E-state index in [-0.39, 0.29) is 5.82 Å². The van der Waals surface area contributed by atoms with Crippen LogP contribution in [0, 0.1) is 5.82 Å². The molecule has 0 saturated carbocycles. The van der Waals surface area contributed by atoms with E-state index in [0.29, 0.717) is 29.5 Å². The van der Waals surface area contributed by atoms with E-state index in [1.54, 1.807) is 24.4 Å². The summed E-state index contributed by atoms with van der Waals surface area (Å²) in [6, 6.07) is 9.71. The quantitative estimate of drug-likeness (QED) is 0.790. The molecule has 100 valence electrons. The minimum atomic E-state index is -0.283. The molecule has 0 atom stereocenters. The minimum Gasteiger partial charge on any atom is -0.384 e. The third-order valence-electron chi connectivity index (χ3n) is 2.75. The Morgan fingerprint density at radius 3 is 2.85 bits per heavy atom. The van der Waals surface area contributed by atoms with Crippen LogP contribution in [0.25, 0.3) is 11.5 Å². The van der Waals surface area contributed by atoms with Crippen molar-refractivity contribution < 1.29 is 8.91 Å². The molecule has 0 fully saturated rings. The largest absolute Gasteiger partial charge is 0.384 e. The fourth-order valence-corrected chi connectivity index (χ4v) is 1.80. The molecular weight excluding hydrogens is 259 g/mol. The van der Waals surface area contributed by atoms with Gasteiger partial charge in [-0.25, -0.2) is 9.37 Å². The van der Waals surface area contributed by atoms with Gasteiger partial charge in [-0.3, -0.25) is 0 Å². The van der Waals surface area contributed by atoms with Gasteiger partial charge in [0.05, 0.1) is 5.56 Å². The second-order valence-electron chi connectivity index (χ2n) is 4.29. The Hall–Kier alpha value is -2.76. The highest BCUT2D eigenvalue weighted by Crippen LogP contribution is 2.18. The summed E-state index contributed by atoms with van der Waals surface area (Å²) in [5, 5.41) is 3.87. The molecule has 0 radical (unpaired) electrons. The lowest BCUT2D eigenvalue weighted by Gasteiger charge is -1.96. The van der Waals surface area contributed by atoms with E-state index >= 15 is 0 Å². The number of nitrogens with zero attached hydrogens (tertiary/aromatic N) is 3. The van der Waals surface area contributed by atoms with Gasteiger partial charge in [0.1, 0.15) is 11.6 Å². The Bertz CT molecular complexity index is 724. The van der Waals surface area contributed by atoms with Crippen molar-refractivity contribution in [3.05, 3.63) is 59.8 Å². The molecule has 0 saturated heterocycles. The summed E-state index contributed by atoms with van der Waals surface area (Å²) in [4.78, 5) is 8.21. The first-order valence-corrected chi connectivity index (χ1v) is 5.99. The van der Waals surface area contributed by atoms with Crippen molar-refractivity contribution >= 4 is 5.82 Å². The van der Waals surface area contributed by atoms with Crippen LogP contribution in [-0.2, 0) is 6.42 Å². The molecule has 20 heavy (non-hydrogen) atoms. The number of hydrogen-bond donors (Lipinski definition) is 1. The number of nitrogens with two attached hydrogens (primary N) is 1. The first kappa shape index (κ1) is 12.3. The Balaban J connectivity index is 1.82. The van der Waals surface area contributed by atoms with Crippen molar-refractivity contribution in [3.63, 3.8) is 0 Å². The van der Waals surface area contributed by atoms with Gasteiger partial charge in [-0.15, -0.1) is 0 Å². The summed E-state index contributed by atoms with van der Waals surface area (Å²) in [6.45, 7) is 0. The standard InChI is InChI=1S/C14H11FN4O/c15-11-3-1-2-9(6-11)7-13-18-14(20-19-13)10-4-5-12(16)17-8-10/h1-6,8H,7H2,(H2,16,17). The molecule has 3 aromatic rings. The Kier molecular flexibility index (Phi) is 3.12. The minimum absolute atomic E-state index is 0.283. The lowest BCUT2D eigenvalue weighted by molar-refractivity contribution is 0.423. The Labute approximate surface area is 114 Å². The first-order valence-electron chi connectivity index (χ1n) is 5.99. The number of aromatic nitrogens is 3. The van der Waals surface area contributed by atoms with Crippen molar-refractivity contribution in [2.75, 3.05) is 5.73 Å². The number of halogens is 1. The van der Waals surface area contributed by atoms with Crippen molar-refractivity contribution in [1.82, 2.24) is 15.1 Å². The fourth-order valence-electron chi connectivity index (χ4n) is 1.80. The van der Waals surface area contributed by atoms with Gasteiger partial charge in [-0.2, -0.15) is 4.98 Å². The van der Waals surface area contributed by atoms with E-state index < -0.39 is 0 Å². The van der Waals surface area contributed by atoms with Gasteiger partial charge in [0.25, 0.3) is 5.89 Å². The topological polar surface area (TPSA) is 77.8 Å². The molecule has 1 aromatic carbocycles. The summed E-state index contributed by atoms with van der Waals surface area (Å²) >= 11 is 0. The summed E-state index contributed by atoms with van der Waals surface area (Å²) in [5.74, 6) is 0.994. The van der Waals surface area contributed by atoms with Crippen LogP contribution >= 0.6 is 0 Å². The number of benzene rings is 1. The van der Waals surface area contributed by atoms with Crippen molar-refractivity contribution in [3.8, 4) is 11.5 Å². The molecule has 5 nitrogen and oxygen atoms in total. The van der Waals surface area contributed by atoms with E-state index in [0.717, 1.165) is 5.56 Å². The Morgan fingerprint density at radius 1 is 1.20 bits per heavy atom. The van der Waals surface area contributed by atoms with Crippen LogP contribution in [0.15, 0.2) is 47.1 Å². The van der Waals surface area contributed by atoms with Crippen LogP contribution in [0.3, 0.4) is 0 Å². The smallest absolute Gasteiger partial charge is 0.259 e. The van der Waals surface area contributed by atoms with Gasteiger partial charge >= 0.3 is 0 Å². The normalized spacial score (nSPS) is 10.7. The molecule has 0 aliphatic carbocycles. The fraction of sp³-hybridized carbons (Fsp3) is 0.0714. The van der Waals surface area contributed by atoms with Gasteiger partial charge < -0.3 is 10.3 Å². The third-order valence-corrected chi connectivity index (χ3v) is 2.75. The molecule has 0 amide bonds. The van der Waals surface area contributed by atoms with Crippen molar-refractivity contribution in [1.29, 1.82) is 0 Å². The van der Waals surface area contributed by atoms with Crippen molar-refractivity contribution in [2.24, 2.45) is 0 Å². The lowest BCUT2D eigenvalue weighted by atomic mass is 10.1. The molecule has 0 aliphatic heterocycles. The van der Waals surface area contributed by atoms with Gasteiger partial charge in [0.15, 0.2) is 5.82 Å². The van der Waals surface area contributed by atoms with Gasteiger partial charge in [-0.05, 0) is 29.8 Å². The highest BCUT2D eigenvalue weighted by Gasteiger charge is 2.10. The van der Waals surface area contributed by atoms with Crippen LogP contribution in [0.4, 0.5) is 10.2 Å².